The zero-order chi connectivity index (χ0) is 14.5. The second kappa shape index (κ2) is 6.42. The van der Waals surface area contributed by atoms with Gasteiger partial charge < -0.3 is 16.4 Å². The van der Waals surface area contributed by atoms with Gasteiger partial charge >= 0.3 is 6.18 Å². The number of aliphatic imine (C=N–C) groups is 1. The topological polar surface area (TPSA) is 62.4 Å². The van der Waals surface area contributed by atoms with Crippen LogP contribution in [0.1, 0.15) is 6.92 Å². The highest BCUT2D eigenvalue weighted by molar-refractivity contribution is 5.89. The highest BCUT2D eigenvalue weighted by atomic mass is 19.4. The molecule has 1 rings (SSSR count). The fourth-order valence-corrected chi connectivity index (χ4v) is 1.29. The van der Waals surface area contributed by atoms with E-state index in [9.17, 15) is 13.2 Å². The molecular weight excluding hydrogens is 257 g/mol. The van der Waals surface area contributed by atoms with E-state index in [-0.39, 0.29) is 12.6 Å². The molecule has 0 radical (unpaired) electrons. The molecule has 1 heterocycles. The van der Waals surface area contributed by atoms with Gasteiger partial charge in [0.25, 0.3) is 0 Å². The molecule has 0 aliphatic carbocycles. The summed E-state index contributed by atoms with van der Waals surface area (Å²) in [5, 5.41) is 5.21. The number of alkyl halides is 3. The molecule has 4 N–H and O–H groups in total. The number of nitrogens with one attached hydrogen (secondary N) is 2. The first-order valence-corrected chi connectivity index (χ1v) is 5.74. The monoisotopic (exact) mass is 274 g/mol. The van der Waals surface area contributed by atoms with Crippen LogP contribution >= 0.6 is 0 Å². The first-order valence-electron chi connectivity index (χ1n) is 5.74. The highest BCUT2D eigenvalue weighted by Crippen LogP contribution is 2.19. The number of rotatable bonds is 4. The van der Waals surface area contributed by atoms with Crippen LogP contribution in [0, 0.1) is 0 Å². The van der Waals surface area contributed by atoms with Gasteiger partial charge in [-0.15, -0.1) is 0 Å². The Morgan fingerprint density at radius 3 is 2.74 bits per heavy atom. The van der Waals surface area contributed by atoms with Gasteiger partial charge in [0.05, 0.1) is 0 Å². The largest absolute Gasteiger partial charge is 0.449 e. The molecule has 1 aliphatic rings. The number of amidine groups is 1. The van der Waals surface area contributed by atoms with E-state index < -0.39 is 12.0 Å². The average molecular weight is 274 g/mol. The summed E-state index contributed by atoms with van der Waals surface area (Å²) in [4.78, 5) is 3.32. The van der Waals surface area contributed by atoms with E-state index >= 15 is 0 Å². The van der Waals surface area contributed by atoms with Crippen molar-refractivity contribution in [1.82, 2.24) is 10.6 Å². The van der Waals surface area contributed by atoms with Crippen LogP contribution in [0.25, 0.3) is 0 Å². The van der Waals surface area contributed by atoms with Gasteiger partial charge in [-0.1, -0.05) is 12.2 Å². The number of hydrogen-bond donors (Lipinski definition) is 3. The Morgan fingerprint density at radius 2 is 2.26 bits per heavy atom. The smallest absolute Gasteiger partial charge is 0.398 e. The zero-order valence-corrected chi connectivity index (χ0v) is 10.8. The van der Waals surface area contributed by atoms with E-state index in [0.717, 1.165) is 6.20 Å². The van der Waals surface area contributed by atoms with Gasteiger partial charge in [-0.25, -0.2) is 4.99 Å². The van der Waals surface area contributed by atoms with Crippen LogP contribution in [0.3, 0.4) is 0 Å². The molecule has 0 aromatic rings. The number of nitrogens with two attached hydrogens (primary N) is 1. The maximum absolute atomic E-state index is 12.3. The minimum atomic E-state index is -4.46. The molecule has 1 atom stereocenters. The SMILES string of the molecule is CNC(C)/C=C\C=C(/N)C1=CN=C(C(F)(F)F)NC1. The fraction of sp³-hybridized carbons (Fsp3) is 0.417. The van der Waals surface area contributed by atoms with Crippen molar-refractivity contribution in [3.05, 3.63) is 35.7 Å². The third-order valence-electron chi connectivity index (χ3n) is 2.57. The van der Waals surface area contributed by atoms with E-state index in [1.807, 2.05) is 20.0 Å². The third-order valence-corrected chi connectivity index (χ3v) is 2.57. The predicted molar refractivity (Wildman–Crippen MR) is 69.5 cm³/mol. The van der Waals surface area contributed by atoms with Crippen LogP contribution in [0.4, 0.5) is 13.2 Å². The summed E-state index contributed by atoms with van der Waals surface area (Å²) in [5.41, 5.74) is 6.67. The maximum atomic E-state index is 12.3. The minimum absolute atomic E-state index is 0.0100. The Bertz CT molecular complexity index is 433. The van der Waals surface area contributed by atoms with Crippen LogP contribution in [0.2, 0.25) is 0 Å². The standard InChI is InChI=1S/C12H17F3N4/c1-8(17-2)4-3-5-10(16)9-6-18-11(19-7-9)12(13,14)15/h3-6,8,17H,7,16H2,1-2H3,(H,18,19)/b4-3-,10-5-. The molecule has 0 saturated heterocycles. The molecule has 0 aromatic carbocycles. The normalized spacial score (nSPS) is 18.9. The van der Waals surface area contributed by atoms with E-state index in [4.69, 9.17) is 5.73 Å². The second-order valence-electron chi connectivity index (χ2n) is 4.07. The zero-order valence-electron chi connectivity index (χ0n) is 10.8. The van der Waals surface area contributed by atoms with Crippen LogP contribution in [-0.4, -0.2) is 31.6 Å². The maximum Gasteiger partial charge on any atom is 0.449 e. The molecule has 106 valence electrons. The fourth-order valence-electron chi connectivity index (χ4n) is 1.29. The highest BCUT2D eigenvalue weighted by Gasteiger charge is 2.36. The molecule has 0 amide bonds. The molecule has 4 nitrogen and oxygen atoms in total. The molecule has 7 heteroatoms. The van der Waals surface area contributed by atoms with E-state index in [1.165, 1.54) is 0 Å². The number of halogens is 3. The lowest BCUT2D eigenvalue weighted by Crippen LogP contribution is -2.40. The summed E-state index contributed by atoms with van der Waals surface area (Å²) >= 11 is 0. The Kier molecular flexibility index (Phi) is 5.17. The summed E-state index contributed by atoms with van der Waals surface area (Å²) in [7, 11) is 1.82. The molecule has 0 spiro atoms. The molecule has 19 heavy (non-hydrogen) atoms. The van der Waals surface area contributed by atoms with Crippen LogP contribution < -0.4 is 16.4 Å². The van der Waals surface area contributed by atoms with Crippen LogP contribution in [-0.2, 0) is 0 Å². The van der Waals surface area contributed by atoms with Crippen LogP contribution in [0.15, 0.2) is 40.7 Å². The van der Waals surface area contributed by atoms with Gasteiger partial charge in [-0.05, 0) is 20.0 Å². The van der Waals surface area contributed by atoms with Gasteiger partial charge in [0, 0.05) is 30.1 Å². The average Bonchev–Trinajstić information content (AvgIpc) is 2.37. The summed E-state index contributed by atoms with van der Waals surface area (Å²) in [6, 6.07) is 0.192. The Labute approximate surface area is 110 Å². The van der Waals surface area contributed by atoms with Crippen molar-refractivity contribution in [2.75, 3.05) is 13.6 Å². The molecule has 0 bridgehead atoms. The lowest BCUT2D eigenvalue weighted by atomic mass is 10.1. The van der Waals surface area contributed by atoms with Crippen molar-refractivity contribution < 1.29 is 13.2 Å². The van der Waals surface area contributed by atoms with Crippen molar-refractivity contribution >= 4 is 5.84 Å². The predicted octanol–water partition coefficient (Wildman–Crippen LogP) is 1.44. The van der Waals surface area contributed by atoms with E-state index in [0.29, 0.717) is 11.3 Å². The molecular formula is C12H17F3N4. The van der Waals surface area contributed by atoms with Crippen molar-refractivity contribution in [3.63, 3.8) is 0 Å². The lowest BCUT2D eigenvalue weighted by molar-refractivity contribution is -0.0618. The summed E-state index contributed by atoms with van der Waals surface area (Å²) in [5.74, 6) is -0.997. The van der Waals surface area contributed by atoms with Gasteiger partial charge in [0.1, 0.15) is 0 Å². The lowest BCUT2D eigenvalue weighted by Gasteiger charge is -2.17. The molecule has 1 unspecified atom stereocenters. The van der Waals surface area contributed by atoms with Crippen molar-refractivity contribution in [1.29, 1.82) is 0 Å². The van der Waals surface area contributed by atoms with Gasteiger partial charge in [0.15, 0.2) is 0 Å². The van der Waals surface area contributed by atoms with Gasteiger partial charge in [0.2, 0.25) is 5.84 Å². The number of nitrogens with zero attached hydrogens (tertiary/aromatic N) is 1. The Balaban J connectivity index is 2.72. The quantitative estimate of drug-likeness (QED) is 0.680. The van der Waals surface area contributed by atoms with Gasteiger partial charge in [-0.3, -0.25) is 0 Å². The summed E-state index contributed by atoms with van der Waals surface area (Å²) in [6.45, 7) is 1.97. The van der Waals surface area contributed by atoms with Crippen molar-refractivity contribution in [3.8, 4) is 0 Å². The van der Waals surface area contributed by atoms with E-state index in [2.05, 4.69) is 15.6 Å². The number of allylic oxidation sites excluding steroid dienone is 2. The van der Waals surface area contributed by atoms with Gasteiger partial charge in [-0.2, -0.15) is 13.2 Å². The molecule has 0 fully saturated rings. The van der Waals surface area contributed by atoms with Crippen LogP contribution in [0.5, 0.6) is 0 Å². The second-order valence-corrected chi connectivity index (χ2v) is 4.07. The number of hydrogen-bond acceptors (Lipinski definition) is 4. The first kappa shape index (κ1) is 15.3. The Hall–Kier alpha value is -1.76. The molecule has 0 saturated carbocycles. The third kappa shape index (κ3) is 4.78. The minimum Gasteiger partial charge on any atom is -0.398 e. The van der Waals surface area contributed by atoms with Crippen molar-refractivity contribution in [2.24, 2.45) is 10.7 Å². The molecule has 0 aromatic heterocycles. The summed E-state index contributed by atoms with van der Waals surface area (Å²) < 4.78 is 36.9. The Morgan fingerprint density at radius 1 is 1.58 bits per heavy atom. The van der Waals surface area contributed by atoms with Crippen molar-refractivity contribution in [2.45, 2.75) is 19.1 Å². The summed E-state index contributed by atoms with van der Waals surface area (Å²) in [6.07, 6.45) is 1.95. The molecule has 1 aliphatic heterocycles. The number of likely N-dealkylation sites (N-methyl/N-ethyl adjacent to an activating group) is 1. The van der Waals surface area contributed by atoms with E-state index in [1.54, 1.807) is 12.2 Å². The first-order chi connectivity index (χ1) is 8.84.